The van der Waals surface area contributed by atoms with Crippen molar-refractivity contribution in [3.8, 4) is 11.6 Å². The molecule has 0 spiro atoms. The number of anilines is 1. The van der Waals surface area contributed by atoms with Crippen LogP contribution >= 0.6 is 0 Å². The van der Waals surface area contributed by atoms with Gasteiger partial charge in [0.05, 0.1) is 25.4 Å². The molecule has 0 fully saturated rings. The fraction of sp³-hybridized carbons (Fsp3) is 0.188. The Morgan fingerprint density at radius 2 is 2.09 bits per heavy atom. The van der Waals surface area contributed by atoms with E-state index in [-0.39, 0.29) is 11.8 Å². The van der Waals surface area contributed by atoms with Crippen LogP contribution < -0.4 is 14.8 Å². The van der Waals surface area contributed by atoms with Crippen LogP contribution in [0.25, 0.3) is 10.9 Å². The maximum Gasteiger partial charge on any atom is 0.262 e. The zero-order chi connectivity index (χ0) is 16.4. The third-order valence-corrected chi connectivity index (χ3v) is 3.40. The van der Waals surface area contributed by atoms with Gasteiger partial charge in [-0.25, -0.2) is 0 Å². The average Bonchev–Trinajstić information content (AvgIpc) is 2.95. The molecule has 3 aromatic rings. The van der Waals surface area contributed by atoms with Gasteiger partial charge >= 0.3 is 0 Å². The van der Waals surface area contributed by atoms with Crippen molar-refractivity contribution < 1.29 is 14.3 Å². The second-order valence-corrected chi connectivity index (χ2v) is 4.93. The second kappa shape index (κ2) is 5.96. The van der Waals surface area contributed by atoms with Gasteiger partial charge in [-0.05, 0) is 12.1 Å². The lowest BCUT2D eigenvalue weighted by Crippen LogP contribution is -2.13. The topological polar surface area (TPSA) is 78.3 Å². The molecule has 0 aliphatic carbocycles. The van der Waals surface area contributed by atoms with Gasteiger partial charge in [-0.1, -0.05) is 6.07 Å². The van der Waals surface area contributed by atoms with Gasteiger partial charge in [-0.3, -0.25) is 14.5 Å². The standard InChI is InChI=1S/C16H16N4O3/c1-20-9-12(16(19-20)23-3)15(21)18-13-8-11(22-2)7-10-5-4-6-17-14(10)13/h4-9H,1-3H3,(H,18,21). The molecule has 7 heteroatoms. The van der Waals surface area contributed by atoms with Crippen LogP contribution in [0, 0.1) is 0 Å². The van der Waals surface area contributed by atoms with Gasteiger partial charge in [0.25, 0.3) is 5.91 Å². The van der Waals surface area contributed by atoms with E-state index in [0.717, 1.165) is 5.39 Å². The van der Waals surface area contributed by atoms with Gasteiger partial charge in [0.15, 0.2) is 0 Å². The predicted octanol–water partition coefficient (Wildman–Crippen LogP) is 2.24. The van der Waals surface area contributed by atoms with Crippen molar-refractivity contribution in [1.29, 1.82) is 0 Å². The van der Waals surface area contributed by atoms with E-state index < -0.39 is 0 Å². The SMILES string of the molecule is COc1cc(NC(=O)c2cn(C)nc2OC)c2ncccc2c1. The number of benzene rings is 1. The van der Waals surface area contributed by atoms with Crippen molar-refractivity contribution in [2.24, 2.45) is 7.05 Å². The lowest BCUT2D eigenvalue weighted by atomic mass is 10.1. The third-order valence-electron chi connectivity index (χ3n) is 3.40. The molecule has 0 aliphatic heterocycles. The van der Waals surface area contributed by atoms with Crippen molar-refractivity contribution in [3.63, 3.8) is 0 Å². The highest BCUT2D eigenvalue weighted by molar-refractivity contribution is 6.09. The Morgan fingerprint density at radius 1 is 1.26 bits per heavy atom. The molecule has 0 aliphatic rings. The number of rotatable bonds is 4. The number of nitrogens with zero attached hydrogens (tertiary/aromatic N) is 3. The smallest absolute Gasteiger partial charge is 0.262 e. The molecule has 1 amide bonds. The Bertz CT molecular complexity index is 873. The van der Waals surface area contributed by atoms with Crippen molar-refractivity contribution in [2.75, 3.05) is 19.5 Å². The summed E-state index contributed by atoms with van der Waals surface area (Å²) in [4.78, 5) is 16.9. The molecule has 0 saturated heterocycles. The summed E-state index contributed by atoms with van der Waals surface area (Å²) in [6.45, 7) is 0. The third kappa shape index (κ3) is 2.80. The molecule has 1 aromatic carbocycles. The van der Waals surface area contributed by atoms with Crippen LogP contribution in [0.1, 0.15) is 10.4 Å². The summed E-state index contributed by atoms with van der Waals surface area (Å²) in [6, 6.07) is 7.33. The van der Waals surface area contributed by atoms with E-state index in [1.54, 1.807) is 32.6 Å². The number of methoxy groups -OCH3 is 2. The van der Waals surface area contributed by atoms with Crippen LogP contribution in [0.15, 0.2) is 36.7 Å². The van der Waals surface area contributed by atoms with Crippen LogP contribution in [-0.2, 0) is 7.05 Å². The molecule has 7 nitrogen and oxygen atoms in total. The van der Waals surface area contributed by atoms with Gasteiger partial charge in [-0.15, -0.1) is 5.10 Å². The van der Waals surface area contributed by atoms with Crippen molar-refractivity contribution >= 4 is 22.5 Å². The molecule has 2 aromatic heterocycles. The van der Waals surface area contributed by atoms with E-state index in [1.165, 1.54) is 11.8 Å². The molecule has 3 rings (SSSR count). The summed E-state index contributed by atoms with van der Waals surface area (Å²) in [5, 5.41) is 7.81. The van der Waals surface area contributed by atoms with Gasteiger partial charge in [-0.2, -0.15) is 0 Å². The number of hydrogen-bond acceptors (Lipinski definition) is 5. The summed E-state index contributed by atoms with van der Waals surface area (Å²) in [5.41, 5.74) is 1.60. The summed E-state index contributed by atoms with van der Waals surface area (Å²) in [5.74, 6) is 0.583. The maximum absolute atomic E-state index is 12.5. The number of carbonyl (C=O) groups is 1. The summed E-state index contributed by atoms with van der Waals surface area (Å²) >= 11 is 0. The zero-order valence-corrected chi connectivity index (χ0v) is 13.0. The molecular formula is C16H16N4O3. The maximum atomic E-state index is 12.5. The largest absolute Gasteiger partial charge is 0.497 e. The van der Waals surface area contributed by atoms with Crippen LogP contribution in [0.3, 0.4) is 0 Å². The number of pyridine rings is 1. The normalized spacial score (nSPS) is 10.6. The Morgan fingerprint density at radius 3 is 2.83 bits per heavy atom. The molecule has 2 heterocycles. The Kier molecular flexibility index (Phi) is 3.84. The molecule has 0 saturated carbocycles. The highest BCUT2D eigenvalue weighted by atomic mass is 16.5. The number of nitrogens with one attached hydrogen (secondary N) is 1. The number of hydrogen-bond donors (Lipinski definition) is 1. The summed E-state index contributed by atoms with van der Waals surface area (Å²) < 4.78 is 11.9. The molecule has 1 N–H and O–H groups in total. The van der Waals surface area contributed by atoms with Crippen molar-refractivity contribution in [1.82, 2.24) is 14.8 Å². The predicted molar refractivity (Wildman–Crippen MR) is 86.0 cm³/mol. The van der Waals surface area contributed by atoms with E-state index in [0.29, 0.717) is 22.5 Å². The molecule has 23 heavy (non-hydrogen) atoms. The number of ether oxygens (including phenoxy) is 2. The lowest BCUT2D eigenvalue weighted by molar-refractivity contribution is 0.102. The van der Waals surface area contributed by atoms with Crippen molar-refractivity contribution in [2.45, 2.75) is 0 Å². The minimum atomic E-state index is -0.324. The van der Waals surface area contributed by atoms with E-state index >= 15 is 0 Å². The van der Waals surface area contributed by atoms with Crippen LogP contribution in [0.2, 0.25) is 0 Å². The first-order chi connectivity index (χ1) is 11.1. The Balaban J connectivity index is 2.02. The van der Waals surface area contributed by atoms with Crippen LogP contribution in [0.4, 0.5) is 5.69 Å². The average molecular weight is 312 g/mol. The van der Waals surface area contributed by atoms with E-state index in [9.17, 15) is 4.79 Å². The fourth-order valence-electron chi connectivity index (χ4n) is 2.34. The summed E-state index contributed by atoms with van der Waals surface area (Å²) in [6.07, 6.45) is 3.28. The molecule has 0 radical (unpaired) electrons. The number of amides is 1. The van der Waals surface area contributed by atoms with Gasteiger partial charge in [0.1, 0.15) is 11.3 Å². The Labute approximate surface area is 132 Å². The first-order valence-electron chi connectivity index (χ1n) is 6.94. The number of fused-ring (bicyclic) bond motifs is 1. The zero-order valence-electron chi connectivity index (χ0n) is 13.0. The van der Waals surface area contributed by atoms with Crippen molar-refractivity contribution in [3.05, 3.63) is 42.2 Å². The van der Waals surface area contributed by atoms with Gasteiger partial charge in [0.2, 0.25) is 5.88 Å². The van der Waals surface area contributed by atoms with Gasteiger partial charge < -0.3 is 14.8 Å². The van der Waals surface area contributed by atoms with Crippen LogP contribution in [0.5, 0.6) is 11.6 Å². The first kappa shape index (κ1) is 14.8. The molecule has 0 unspecified atom stereocenters. The second-order valence-electron chi connectivity index (χ2n) is 4.93. The van der Waals surface area contributed by atoms with Gasteiger partial charge in [0, 0.05) is 30.9 Å². The molecular weight excluding hydrogens is 296 g/mol. The lowest BCUT2D eigenvalue weighted by Gasteiger charge is -2.10. The minimum absolute atomic E-state index is 0.269. The monoisotopic (exact) mass is 312 g/mol. The summed E-state index contributed by atoms with van der Waals surface area (Å²) in [7, 11) is 4.77. The highest BCUT2D eigenvalue weighted by Gasteiger charge is 2.18. The van der Waals surface area contributed by atoms with Crippen LogP contribution in [-0.4, -0.2) is 34.9 Å². The minimum Gasteiger partial charge on any atom is -0.497 e. The molecule has 0 atom stereocenters. The highest BCUT2D eigenvalue weighted by Crippen LogP contribution is 2.28. The number of aryl methyl sites for hydroxylation is 1. The quantitative estimate of drug-likeness (QED) is 0.799. The fourth-order valence-corrected chi connectivity index (χ4v) is 2.34. The van der Waals surface area contributed by atoms with E-state index in [1.807, 2.05) is 18.2 Å². The number of aromatic nitrogens is 3. The Hall–Kier alpha value is -3.09. The van der Waals surface area contributed by atoms with E-state index in [2.05, 4.69) is 15.4 Å². The molecule has 0 bridgehead atoms. The first-order valence-corrected chi connectivity index (χ1v) is 6.94. The number of carbonyl (C=O) groups excluding carboxylic acids is 1. The molecule has 118 valence electrons. The van der Waals surface area contributed by atoms with E-state index in [4.69, 9.17) is 9.47 Å².